The van der Waals surface area contributed by atoms with E-state index in [0.29, 0.717) is 10.9 Å². The van der Waals surface area contributed by atoms with Gasteiger partial charge in [-0.05, 0) is 44.9 Å². The van der Waals surface area contributed by atoms with E-state index in [-0.39, 0.29) is 6.10 Å². The molecular weight excluding hydrogens is 401 g/mol. The van der Waals surface area contributed by atoms with Crippen LogP contribution in [0.2, 0.25) is 0 Å². The lowest BCUT2D eigenvalue weighted by atomic mass is 10.1. The molecule has 0 saturated carbocycles. The zero-order chi connectivity index (χ0) is 20.2. The second-order valence-corrected chi connectivity index (χ2v) is 9.90. The Hall–Kier alpha value is -1.45. The molecule has 1 aliphatic rings. The molecule has 1 heterocycles. The summed E-state index contributed by atoms with van der Waals surface area (Å²) in [6, 6.07) is 13.2. The summed E-state index contributed by atoms with van der Waals surface area (Å²) in [6.07, 6.45) is 3.01. The molecule has 0 unspecified atom stereocenters. The maximum atomic E-state index is 10.7. The van der Waals surface area contributed by atoms with E-state index in [1.54, 1.807) is 4.90 Å². The van der Waals surface area contributed by atoms with Crippen molar-refractivity contribution in [3.05, 3.63) is 36.4 Å². The third-order valence-electron chi connectivity index (χ3n) is 3.83. The topological polar surface area (TPSA) is 66.4 Å². The summed E-state index contributed by atoms with van der Waals surface area (Å²) >= 11 is 0. The van der Waals surface area contributed by atoms with Crippen molar-refractivity contribution in [1.82, 2.24) is 0 Å². The third-order valence-corrected chi connectivity index (χ3v) is 6.94. The highest BCUT2D eigenvalue weighted by atomic mass is 32.2. The Morgan fingerprint density at radius 3 is 2.04 bits per heavy atom. The molecule has 0 atom stereocenters. The molecule has 0 radical (unpaired) electrons. The standard InChI is InChI=1S/C17H21OS.CHF3O3S/c1-13(2)18-16-9-10-17(19-11-5-6-12-19)15-8-4-3-7-14(15)16;2-1(3,4)8(5,6)7/h3-4,7-10,13H,5-6,11-12H2,1-2H3;(H,5,6,7)/q+1;/p-1. The van der Waals surface area contributed by atoms with Crippen LogP contribution in [0.3, 0.4) is 0 Å². The molecule has 0 aliphatic carbocycles. The van der Waals surface area contributed by atoms with Gasteiger partial charge in [-0.2, -0.15) is 13.2 Å². The zero-order valence-corrected chi connectivity index (χ0v) is 16.6. The summed E-state index contributed by atoms with van der Waals surface area (Å²) in [4.78, 5) is 1.55. The van der Waals surface area contributed by atoms with Gasteiger partial charge in [0, 0.05) is 21.7 Å². The van der Waals surface area contributed by atoms with Crippen LogP contribution in [0.1, 0.15) is 26.7 Å². The predicted octanol–water partition coefficient (Wildman–Crippen LogP) is 4.45. The Morgan fingerprint density at radius 2 is 1.56 bits per heavy atom. The number of rotatable bonds is 3. The molecule has 2 aromatic carbocycles. The molecule has 27 heavy (non-hydrogen) atoms. The van der Waals surface area contributed by atoms with Crippen LogP contribution in [0.5, 0.6) is 5.75 Å². The van der Waals surface area contributed by atoms with Crippen LogP contribution in [-0.2, 0) is 21.0 Å². The van der Waals surface area contributed by atoms with Crippen LogP contribution < -0.4 is 4.74 Å². The van der Waals surface area contributed by atoms with Crippen LogP contribution >= 0.6 is 0 Å². The molecule has 0 amide bonds. The first-order valence-corrected chi connectivity index (χ1v) is 11.4. The minimum Gasteiger partial charge on any atom is -0.741 e. The monoisotopic (exact) mass is 422 g/mol. The number of hydrogen-bond acceptors (Lipinski definition) is 4. The van der Waals surface area contributed by atoms with Gasteiger partial charge in [0.1, 0.15) is 17.3 Å². The molecular formula is C18H21F3O4S2. The Morgan fingerprint density at radius 1 is 1.04 bits per heavy atom. The summed E-state index contributed by atoms with van der Waals surface area (Å²) < 4.78 is 64.9. The van der Waals surface area contributed by atoms with Crippen LogP contribution in [-0.4, -0.2) is 36.1 Å². The van der Waals surface area contributed by atoms with Gasteiger partial charge in [0.15, 0.2) is 15.0 Å². The van der Waals surface area contributed by atoms with Crippen molar-refractivity contribution in [3.63, 3.8) is 0 Å². The minimum atomic E-state index is -6.09. The highest BCUT2D eigenvalue weighted by Crippen LogP contribution is 2.35. The van der Waals surface area contributed by atoms with Crippen LogP contribution in [0, 0.1) is 0 Å². The molecule has 1 aliphatic heterocycles. The van der Waals surface area contributed by atoms with Crippen LogP contribution in [0.4, 0.5) is 13.2 Å². The van der Waals surface area contributed by atoms with Crippen molar-refractivity contribution >= 4 is 31.8 Å². The third kappa shape index (κ3) is 5.76. The van der Waals surface area contributed by atoms with Gasteiger partial charge in [-0.15, -0.1) is 0 Å². The lowest BCUT2D eigenvalue weighted by molar-refractivity contribution is -0.0517. The highest BCUT2D eigenvalue weighted by molar-refractivity contribution is 7.97. The smallest absolute Gasteiger partial charge is 0.485 e. The Bertz CT molecular complexity index is 874. The first-order chi connectivity index (χ1) is 12.5. The van der Waals surface area contributed by atoms with Gasteiger partial charge in [-0.1, -0.05) is 18.2 Å². The summed E-state index contributed by atoms with van der Waals surface area (Å²) in [5, 5.41) is 2.67. The molecule has 0 N–H and O–H groups in total. The Kier molecular flexibility index (Phi) is 7.04. The molecule has 2 aromatic rings. The fourth-order valence-electron chi connectivity index (χ4n) is 2.73. The maximum Gasteiger partial charge on any atom is 0.485 e. The van der Waals surface area contributed by atoms with Gasteiger partial charge in [-0.25, -0.2) is 8.42 Å². The molecule has 9 heteroatoms. The fraction of sp³-hybridized carbons (Fsp3) is 0.444. The quantitative estimate of drug-likeness (QED) is 0.416. The second-order valence-electron chi connectivity index (χ2n) is 6.28. The van der Waals surface area contributed by atoms with Crippen molar-refractivity contribution in [2.75, 3.05) is 11.5 Å². The van der Waals surface area contributed by atoms with Crippen LogP contribution in [0.25, 0.3) is 10.8 Å². The highest BCUT2D eigenvalue weighted by Gasteiger charge is 2.37. The fourth-order valence-corrected chi connectivity index (χ4v) is 5.23. The zero-order valence-electron chi connectivity index (χ0n) is 15.0. The molecule has 150 valence electrons. The van der Waals surface area contributed by atoms with E-state index < -0.39 is 15.6 Å². The van der Waals surface area contributed by atoms with Crippen molar-refractivity contribution in [2.24, 2.45) is 0 Å². The number of halogens is 3. The normalized spacial score (nSPS) is 15.7. The minimum absolute atomic E-state index is 0.225. The second kappa shape index (κ2) is 8.70. The largest absolute Gasteiger partial charge is 0.741 e. The van der Waals surface area contributed by atoms with E-state index in [1.165, 1.54) is 35.1 Å². The number of ether oxygens (including phenoxy) is 1. The predicted molar refractivity (Wildman–Crippen MR) is 100 cm³/mol. The van der Waals surface area contributed by atoms with E-state index in [9.17, 15) is 13.2 Å². The van der Waals surface area contributed by atoms with Gasteiger partial charge in [0.2, 0.25) is 0 Å². The van der Waals surface area contributed by atoms with Crippen molar-refractivity contribution in [1.29, 1.82) is 0 Å². The number of hydrogen-bond donors (Lipinski definition) is 0. The maximum absolute atomic E-state index is 10.7. The van der Waals surface area contributed by atoms with E-state index in [4.69, 9.17) is 17.7 Å². The van der Waals surface area contributed by atoms with Gasteiger partial charge >= 0.3 is 5.51 Å². The first kappa shape index (κ1) is 21.8. The molecule has 3 rings (SSSR count). The molecule has 0 bridgehead atoms. The van der Waals surface area contributed by atoms with Gasteiger partial charge in [0.25, 0.3) is 0 Å². The lowest BCUT2D eigenvalue weighted by Gasteiger charge is -2.13. The molecule has 0 spiro atoms. The number of fused-ring (bicyclic) bond motifs is 1. The van der Waals surface area contributed by atoms with E-state index >= 15 is 0 Å². The molecule has 4 nitrogen and oxygen atoms in total. The lowest BCUT2D eigenvalue weighted by Crippen LogP contribution is -2.21. The summed E-state index contributed by atoms with van der Waals surface area (Å²) in [7, 11) is -5.63. The van der Waals surface area contributed by atoms with Crippen molar-refractivity contribution in [3.8, 4) is 5.75 Å². The van der Waals surface area contributed by atoms with E-state index in [1.807, 2.05) is 0 Å². The molecule has 1 saturated heterocycles. The van der Waals surface area contributed by atoms with E-state index in [0.717, 1.165) is 5.75 Å². The summed E-state index contributed by atoms with van der Waals surface area (Å²) in [6.45, 7) is 4.17. The van der Waals surface area contributed by atoms with Gasteiger partial charge in [0.05, 0.1) is 6.10 Å². The first-order valence-electron chi connectivity index (χ1n) is 8.39. The number of benzene rings is 2. The van der Waals surface area contributed by atoms with E-state index in [2.05, 4.69) is 50.2 Å². The average Bonchev–Trinajstić information content (AvgIpc) is 3.08. The van der Waals surface area contributed by atoms with Crippen LogP contribution in [0.15, 0.2) is 41.3 Å². The van der Waals surface area contributed by atoms with Crippen molar-refractivity contribution < 1.29 is 30.9 Å². The van der Waals surface area contributed by atoms with Crippen molar-refractivity contribution in [2.45, 2.75) is 43.2 Å². The molecule has 1 fully saturated rings. The van der Waals surface area contributed by atoms with Gasteiger partial charge in [-0.3, -0.25) is 0 Å². The number of alkyl halides is 3. The summed E-state index contributed by atoms with van der Waals surface area (Å²) in [5.74, 6) is 3.76. The average molecular weight is 422 g/mol. The summed E-state index contributed by atoms with van der Waals surface area (Å²) in [5.41, 5.74) is -5.65. The Balaban J connectivity index is 0.000000279. The molecule has 0 aromatic heterocycles. The SMILES string of the molecule is CC(C)Oc1ccc([S+]2CCCC2)c2ccccc12.O=S(=O)([O-])C(F)(F)F. The Labute approximate surface area is 159 Å². The van der Waals surface area contributed by atoms with Gasteiger partial charge < -0.3 is 9.29 Å².